The molecule has 0 saturated carbocycles. The van der Waals surface area contributed by atoms with Crippen molar-refractivity contribution in [3.8, 4) is 0 Å². The number of aliphatic imine (C=N–C) groups is 1. The zero-order chi connectivity index (χ0) is 16.8. The van der Waals surface area contributed by atoms with E-state index in [1.165, 1.54) is 17.5 Å². The Kier molecular flexibility index (Phi) is 3.16. The maximum atomic E-state index is 6.17. The number of aryl methyl sites for hydroxylation is 1. The lowest BCUT2D eigenvalue weighted by Crippen LogP contribution is -2.20. The van der Waals surface area contributed by atoms with Crippen molar-refractivity contribution in [3.05, 3.63) is 53.5 Å². The first-order valence-electron chi connectivity index (χ1n) is 8.57. The van der Waals surface area contributed by atoms with E-state index in [4.69, 9.17) is 10.8 Å². The Morgan fingerprint density at radius 1 is 1.12 bits per heavy atom. The molecule has 0 saturated heterocycles. The second kappa shape index (κ2) is 5.51. The Balaban J connectivity index is 1.65. The van der Waals surface area contributed by atoms with Crippen molar-refractivity contribution in [1.29, 1.82) is 0 Å². The van der Waals surface area contributed by atoms with Gasteiger partial charge >= 0.3 is 0 Å². The topological polar surface area (TPSA) is 82.0 Å². The van der Waals surface area contributed by atoms with Gasteiger partial charge in [0.25, 0.3) is 0 Å². The summed E-state index contributed by atoms with van der Waals surface area (Å²) < 4.78 is 2.05. The highest BCUT2D eigenvalue weighted by Gasteiger charge is 2.26. The van der Waals surface area contributed by atoms with Crippen LogP contribution >= 0.6 is 0 Å². The average Bonchev–Trinajstić information content (AvgIpc) is 3.29. The maximum absolute atomic E-state index is 6.17. The molecule has 1 aromatic carbocycles. The van der Waals surface area contributed by atoms with Crippen LogP contribution in [0.2, 0.25) is 0 Å². The van der Waals surface area contributed by atoms with Crippen molar-refractivity contribution in [2.45, 2.75) is 25.3 Å². The fraction of sp³-hybridized carbons (Fsp3) is 0.263. The van der Waals surface area contributed by atoms with Gasteiger partial charge in [-0.3, -0.25) is 4.99 Å². The molecule has 2 aromatic heterocycles. The van der Waals surface area contributed by atoms with Gasteiger partial charge in [0.05, 0.1) is 18.0 Å². The summed E-state index contributed by atoms with van der Waals surface area (Å²) in [6.45, 7) is 0.689. The van der Waals surface area contributed by atoms with Crippen LogP contribution in [0.25, 0.3) is 16.6 Å². The molecular formula is C19H18N6. The van der Waals surface area contributed by atoms with Crippen molar-refractivity contribution in [2.75, 3.05) is 12.3 Å². The second-order valence-corrected chi connectivity index (χ2v) is 6.57. The van der Waals surface area contributed by atoms with Crippen LogP contribution in [0.3, 0.4) is 0 Å². The number of nitrogens with zero attached hydrogens (tertiary/aromatic N) is 5. The van der Waals surface area contributed by atoms with Crippen LogP contribution in [0.5, 0.6) is 0 Å². The molecule has 0 bridgehead atoms. The molecular weight excluding hydrogens is 312 g/mol. The molecule has 1 aliphatic heterocycles. The Hall–Kier alpha value is -3.02. The SMILES string of the molecule is Nc1ncnc2c1c(C1=CCN=C1)nn2C1CCc2ccccc2C1. The summed E-state index contributed by atoms with van der Waals surface area (Å²) in [7, 11) is 0. The van der Waals surface area contributed by atoms with Crippen LogP contribution in [0, 0.1) is 0 Å². The first kappa shape index (κ1) is 14.3. The minimum atomic E-state index is 0.277. The molecule has 25 heavy (non-hydrogen) atoms. The molecule has 0 fully saturated rings. The average molecular weight is 330 g/mol. The van der Waals surface area contributed by atoms with Gasteiger partial charge in [-0.15, -0.1) is 0 Å². The molecule has 3 heterocycles. The quantitative estimate of drug-likeness (QED) is 0.783. The van der Waals surface area contributed by atoms with Crippen molar-refractivity contribution in [3.63, 3.8) is 0 Å². The number of anilines is 1. The van der Waals surface area contributed by atoms with Gasteiger partial charge in [0.15, 0.2) is 5.65 Å². The lowest BCUT2D eigenvalue weighted by molar-refractivity contribution is 0.413. The number of nitrogens with two attached hydrogens (primary N) is 1. The Morgan fingerprint density at radius 3 is 2.84 bits per heavy atom. The summed E-state index contributed by atoms with van der Waals surface area (Å²) in [6, 6.07) is 8.93. The minimum Gasteiger partial charge on any atom is -0.383 e. The normalized spacial score (nSPS) is 19.2. The maximum Gasteiger partial charge on any atom is 0.164 e. The van der Waals surface area contributed by atoms with Crippen molar-refractivity contribution in [2.24, 2.45) is 4.99 Å². The lowest BCUT2D eigenvalue weighted by atomic mass is 9.88. The van der Waals surface area contributed by atoms with Gasteiger partial charge in [0.2, 0.25) is 0 Å². The number of hydrogen-bond donors (Lipinski definition) is 1. The predicted octanol–water partition coefficient (Wildman–Crippen LogP) is 2.61. The third-order valence-corrected chi connectivity index (χ3v) is 5.11. The van der Waals surface area contributed by atoms with E-state index >= 15 is 0 Å². The van der Waals surface area contributed by atoms with E-state index in [1.54, 1.807) is 0 Å². The number of fused-ring (bicyclic) bond motifs is 2. The molecule has 124 valence electrons. The van der Waals surface area contributed by atoms with Crippen LogP contribution < -0.4 is 5.73 Å². The van der Waals surface area contributed by atoms with E-state index in [0.717, 1.165) is 41.6 Å². The summed E-state index contributed by atoms with van der Waals surface area (Å²) in [4.78, 5) is 13.0. The highest BCUT2D eigenvalue weighted by atomic mass is 15.3. The molecule has 5 rings (SSSR count). The van der Waals surface area contributed by atoms with E-state index in [2.05, 4.69) is 45.3 Å². The fourth-order valence-electron chi connectivity index (χ4n) is 3.85. The molecule has 0 spiro atoms. The van der Waals surface area contributed by atoms with Crippen molar-refractivity contribution >= 4 is 28.6 Å². The van der Waals surface area contributed by atoms with Crippen LogP contribution in [0.1, 0.15) is 29.3 Å². The number of benzene rings is 1. The Morgan fingerprint density at radius 2 is 2.00 bits per heavy atom. The smallest absolute Gasteiger partial charge is 0.164 e. The first-order valence-corrected chi connectivity index (χ1v) is 8.57. The monoisotopic (exact) mass is 330 g/mol. The molecule has 0 amide bonds. The van der Waals surface area contributed by atoms with Gasteiger partial charge in [-0.1, -0.05) is 30.3 Å². The number of aromatic nitrogens is 4. The molecule has 1 aliphatic carbocycles. The summed E-state index contributed by atoms with van der Waals surface area (Å²) in [6.07, 6.45) is 8.51. The van der Waals surface area contributed by atoms with Gasteiger partial charge in [-0.25, -0.2) is 14.6 Å². The Bertz CT molecular complexity index is 1030. The second-order valence-electron chi connectivity index (χ2n) is 6.57. The van der Waals surface area contributed by atoms with Gasteiger partial charge in [-0.2, -0.15) is 5.10 Å². The molecule has 6 heteroatoms. The molecule has 1 atom stereocenters. The lowest BCUT2D eigenvalue weighted by Gasteiger charge is -2.25. The number of nitrogen functional groups attached to an aromatic ring is 1. The predicted molar refractivity (Wildman–Crippen MR) is 98.6 cm³/mol. The number of hydrogen-bond acceptors (Lipinski definition) is 5. The molecule has 1 unspecified atom stereocenters. The van der Waals surface area contributed by atoms with Gasteiger partial charge in [0.1, 0.15) is 17.8 Å². The fourth-order valence-corrected chi connectivity index (χ4v) is 3.85. The van der Waals surface area contributed by atoms with E-state index in [1.807, 2.05) is 10.9 Å². The molecule has 3 aromatic rings. The van der Waals surface area contributed by atoms with Gasteiger partial charge < -0.3 is 5.73 Å². The highest BCUT2D eigenvalue weighted by Crippen LogP contribution is 2.34. The van der Waals surface area contributed by atoms with Crippen molar-refractivity contribution in [1.82, 2.24) is 19.7 Å². The summed E-state index contributed by atoms with van der Waals surface area (Å²) in [5, 5.41) is 5.74. The van der Waals surface area contributed by atoms with Crippen molar-refractivity contribution < 1.29 is 0 Å². The molecule has 0 radical (unpaired) electrons. The highest BCUT2D eigenvalue weighted by molar-refractivity contribution is 6.16. The van der Waals surface area contributed by atoms with E-state index in [-0.39, 0.29) is 6.04 Å². The molecule has 6 nitrogen and oxygen atoms in total. The standard InChI is InChI=1S/C19H18N6/c20-18-16-17(14-7-8-21-10-14)24-25(19(16)23-11-22-18)15-6-5-12-3-1-2-4-13(12)9-15/h1-4,7,10-11,15H,5-6,8-9H2,(H2,20,22,23). The largest absolute Gasteiger partial charge is 0.383 e. The van der Waals surface area contributed by atoms with Crippen LogP contribution in [0.4, 0.5) is 5.82 Å². The van der Waals surface area contributed by atoms with E-state index in [0.29, 0.717) is 12.4 Å². The van der Waals surface area contributed by atoms with Crippen LogP contribution in [-0.2, 0) is 12.8 Å². The molecule has 2 N–H and O–H groups in total. The van der Waals surface area contributed by atoms with Crippen LogP contribution in [-0.4, -0.2) is 32.5 Å². The summed E-state index contributed by atoms with van der Waals surface area (Å²) >= 11 is 0. The zero-order valence-corrected chi connectivity index (χ0v) is 13.8. The summed E-state index contributed by atoms with van der Waals surface area (Å²) in [5.74, 6) is 0.476. The van der Waals surface area contributed by atoms with Gasteiger partial charge in [-0.05, 0) is 30.4 Å². The number of rotatable bonds is 2. The third-order valence-electron chi connectivity index (χ3n) is 5.11. The Labute approximate surface area is 145 Å². The minimum absolute atomic E-state index is 0.277. The van der Waals surface area contributed by atoms with Crippen LogP contribution in [0.15, 0.2) is 41.7 Å². The van der Waals surface area contributed by atoms with E-state index in [9.17, 15) is 0 Å². The van der Waals surface area contributed by atoms with Gasteiger partial charge in [0, 0.05) is 11.8 Å². The molecule has 2 aliphatic rings. The number of allylic oxidation sites excluding steroid dienone is 1. The van der Waals surface area contributed by atoms with E-state index < -0.39 is 0 Å². The zero-order valence-electron chi connectivity index (χ0n) is 13.8. The first-order chi connectivity index (χ1) is 12.3. The summed E-state index contributed by atoms with van der Waals surface area (Å²) in [5.41, 5.74) is 11.7. The third kappa shape index (κ3) is 2.25.